The topological polar surface area (TPSA) is 59.8 Å². The van der Waals surface area contributed by atoms with Gasteiger partial charge in [0.05, 0.1) is 17.8 Å². The number of hydrogen-bond donors (Lipinski definition) is 1. The van der Waals surface area contributed by atoms with Crippen LogP contribution < -0.4 is 5.32 Å². The Bertz CT molecular complexity index is 679. The molecule has 0 bridgehead atoms. The van der Waals surface area contributed by atoms with Crippen molar-refractivity contribution in [1.82, 2.24) is 20.3 Å². The van der Waals surface area contributed by atoms with Crippen molar-refractivity contribution in [3.63, 3.8) is 0 Å². The smallest absolute Gasteiger partial charge is 0.217 e. The Balaban J connectivity index is 1.92. The van der Waals surface area contributed by atoms with E-state index in [0.29, 0.717) is 0 Å². The summed E-state index contributed by atoms with van der Waals surface area (Å²) in [7, 11) is 0. The van der Waals surface area contributed by atoms with Crippen LogP contribution in [0, 0.1) is 18.6 Å². The van der Waals surface area contributed by atoms with E-state index in [1.54, 1.807) is 4.68 Å². The first-order valence-electron chi connectivity index (χ1n) is 6.20. The van der Waals surface area contributed by atoms with Crippen LogP contribution in [0.15, 0.2) is 18.3 Å². The Kier molecular flexibility index (Phi) is 3.06. The average molecular weight is 278 g/mol. The van der Waals surface area contributed by atoms with Gasteiger partial charge < -0.3 is 5.32 Å². The molecule has 1 aromatic heterocycles. The predicted octanol–water partition coefficient (Wildman–Crippen LogP) is 1.24. The lowest BCUT2D eigenvalue weighted by molar-refractivity contribution is 0.102. The van der Waals surface area contributed by atoms with E-state index in [1.165, 1.54) is 25.3 Å². The molecule has 0 spiro atoms. The average Bonchev–Trinajstić information content (AvgIpc) is 2.83. The molecule has 0 unspecified atom stereocenters. The van der Waals surface area contributed by atoms with Gasteiger partial charge in [-0.1, -0.05) is 11.3 Å². The second-order valence-electron chi connectivity index (χ2n) is 4.78. The minimum atomic E-state index is -1.14. The van der Waals surface area contributed by atoms with E-state index in [9.17, 15) is 13.6 Å². The Morgan fingerprint density at radius 3 is 2.75 bits per heavy atom. The highest BCUT2D eigenvalue weighted by molar-refractivity contribution is 6.07. The van der Waals surface area contributed by atoms with Crippen molar-refractivity contribution in [2.45, 2.75) is 13.0 Å². The molecular formula is C13H12F2N4O. The molecule has 3 rings (SSSR count). The molecule has 0 amide bonds. The highest BCUT2D eigenvalue weighted by atomic mass is 19.2. The SMILES string of the molecule is Cc1ccc(C(=O)c2cn(C3CNC3)nn2)c(F)c1F. The van der Waals surface area contributed by atoms with Crippen molar-refractivity contribution in [3.8, 4) is 0 Å². The summed E-state index contributed by atoms with van der Waals surface area (Å²) >= 11 is 0. The fraction of sp³-hybridized carbons (Fsp3) is 0.308. The number of aryl methyl sites for hydroxylation is 1. The summed E-state index contributed by atoms with van der Waals surface area (Å²) in [6.45, 7) is 2.95. The quantitative estimate of drug-likeness (QED) is 0.858. The molecule has 1 saturated heterocycles. The number of benzene rings is 1. The molecule has 1 aliphatic rings. The highest BCUT2D eigenvalue weighted by Crippen LogP contribution is 2.19. The second-order valence-corrected chi connectivity index (χ2v) is 4.78. The molecule has 20 heavy (non-hydrogen) atoms. The Hall–Kier alpha value is -2.15. The lowest BCUT2D eigenvalue weighted by Crippen LogP contribution is -2.43. The van der Waals surface area contributed by atoms with E-state index in [4.69, 9.17) is 0 Å². The zero-order chi connectivity index (χ0) is 14.3. The molecule has 2 aromatic rings. The van der Waals surface area contributed by atoms with Crippen LogP contribution in [-0.2, 0) is 0 Å². The first kappa shape index (κ1) is 12.9. The van der Waals surface area contributed by atoms with E-state index in [0.717, 1.165) is 13.1 Å². The molecule has 0 radical (unpaired) electrons. The summed E-state index contributed by atoms with van der Waals surface area (Å²) in [5.41, 5.74) is -0.158. The molecule has 2 heterocycles. The maximum atomic E-state index is 13.8. The van der Waals surface area contributed by atoms with E-state index in [1.807, 2.05) is 0 Å². The summed E-state index contributed by atoms with van der Waals surface area (Å²) < 4.78 is 28.8. The Labute approximate surface area is 113 Å². The first-order valence-corrected chi connectivity index (χ1v) is 6.20. The zero-order valence-corrected chi connectivity index (χ0v) is 10.7. The minimum absolute atomic E-state index is 0.0130. The normalized spacial score (nSPS) is 15.2. The molecule has 7 heteroatoms. The zero-order valence-electron chi connectivity index (χ0n) is 10.7. The third-order valence-electron chi connectivity index (χ3n) is 3.40. The summed E-state index contributed by atoms with van der Waals surface area (Å²) in [5, 5.41) is 10.6. The van der Waals surface area contributed by atoms with Crippen molar-refractivity contribution in [1.29, 1.82) is 0 Å². The monoisotopic (exact) mass is 278 g/mol. The molecule has 5 nitrogen and oxygen atoms in total. The van der Waals surface area contributed by atoms with Gasteiger partial charge >= 0.3 is 0 Å². The molecule has 104 valence electrons. The van der Waals surface area contributed by atoms with Crippen molar-refractivity contribution in [3.05, 3.63) is 46.8 Å². The van der Waals surface area contributed by atoms with Crippen LogP contribution >= 0.6 is 0 Å². The van der Waals surface area contributed by atoms with Crippen molar-refractivity contribution >= 4 is 5.78 Å². The number of hydrogen-bond acceptors (Lipinski definition) is 4. The van der Waals surface area contributed by atoms with Crippen LogP contribution in [0.1, 0.15) is 27.7 Å². The van der Waals surface area contributed by atoms with E-state index >= 15 is 0 Å². The lowest BCUT2D eigenvalue weighted by Gasteiger charge is -2.26. The van der Waals surface area contributed by atoms with Gasteiger partial charge in [-0.3, -0.25) is 4.79 Å². The number of carbonyl (C=O) groups excluding carboxylic acids is 1. The third-order valence-corrected chi connectivity index (χ3v) is 3.40. The van der Waals surface area contributed by atoms with E-state index in [-0.39, 0.29) is 22.9 Å². The summed E-state index contributed by atoms with van der Waals surface area (Å²) in [4.78, 5) is 12.1. The van der Waals surface area contributed by atoms with Gasteiger partial charge in [-0.05, 0) is 18.6 Å². The van der Waals surface area contributed by atoms with E-state index < -0.39 is 17.4 Å². The third kappa shape index (κ3) is 2.00. The largest absolute Gasteiger partial charge is 0.312 e. The molecular weight excluding hydrogens is 266 g/mol. The van der Waals surface area contributed by atoms with Crippen LogP contribution in [0.3, 0.4) is 0 Å². The number of nitrogens with zero attached hydrogens (tertiary/aromatic N) is 3. The fourth-order valence-corrected chi connectivity index (χ4v) is 1.98. The first-order chi connectivity index (χ1) is 9.58. The molecule has 1 fully saturated rings. The van der Waals surface area contributed by atoms with Crippen molar-refractivity contribution < 1.29 is 13.6 Å². The number of carbonyl (C=O) groups is 1. The van der Waals surface area contributed by atoms with Crippen LogP contribution in [0.4, 0.5) is 8.78 Å². The van der Waals surface area contributed by atoms with Crippen molar-refractivity contribution in [2.75, 3.05) is 13.1 Å². The Morgan fingerprint density at radius 2 is 2.10 bits per heavy atom. The van der Waals surface area contributed by atoms with Gasteiger partial charge in [-0.2, -0.15) is 0 Å². The Morgan fingerprint density at radius 1 is 1.35 bits per heavy atom. The molecule has 0 aliphatic carbocycles. The molecule has 1 aromatic carbocycles. The van der Waals surface area contributed by atoms with Gasteiger partial charge in [0.2, 0.25) is 5.78 Å². The predicted molar refractivity (Wildman–Crippen MR) is 66.5 cm³/mol. The maximum Gasteiger partial charge on any atom is 0.217 e. The van der Waals surface area contributed by atoms with Crippen molar-refractivity contribution in [2.24, 2.45) is 0 Å². The summed E-state index contributed by atoms with van der Waals surface area (Å²) in [6.07, 6.45) is 1.46. The number of rotatable bonds is 3. The van der Waals surface area contributed by atoms with Crippen LogP contribution in [0.5, 0.6) is 0 Å². The molecule has 1 N–H and O–H groups in total. The van der Waals surface area contributed by atoms with E-state index in [2.05, 4.69) is 15.6 Å². The number of aromatic nitrogens is 3. The maximum absolute atomic E-state index is 13.8. The van der Waals surface area contributed by atoms with Gasteiger partial charge in [-0.15, -0.1) is 5.10 Å². The highest BCUT2D eigenvalue weighted by Gasteiger charge is 2.24. The number of nitrogens with one attached hydrogen (secondary N) is 1. The molecule has 0 atom stereocenters. The van der Waals surface area contributed by atoms with Gasteiger partial charge in [0, 0.05) is 13.1 Å². The van der Waals surface area contributed by atoms with Gasteiger partial charge in [0.15, 0.2) is 17.3 Å². The number of halogens is 2. The van der Waals surface area contributed by atoms with Crippen LogP contribution in [0.2, 0.25) is 0 Å². The standard InChI is InChI=1S/C13H12F2N4O/c1-7-2-3-9(12(15)11(7)14)13(20)10-6-19(18-17-10)8-4-16-5-8/h2-3,6,8,16H,4-5H2,1H3. The molecule has 0 saturated carbocycles. The lowest BCUT2D eigenvalue weighted by atomic mass is 10.1. The summed E-state index contributed by atoms with van der Waals surface area (Å²) in [6, 6.07) is 2.79. The van der Waals surface area contributed by atoms with Gasteiger partial charge in [0.25, 0.3) is 0 Å². The molecule has 1 aliphatic heterocycles. The van der Waals surface area contributed by atoms with Crippen LogP contribution in [-0.4, -0.2) is 33.9 Å². The number of ketones is 1. The van der Waals surface area contributed by atoms with Gasteiger partial charge in [0.1, 0.15) is 0 Å². The summed E-state index contributed by atoms with van der Waals surface area (Å²) in [5.74, 6) is -2.82. The van der Waals surface area contributed by atoms with Crippen LogP contribution in [0.25, 0.3) is 0 Å². The van der Waals surface area contributed by atoms with Gasteiger partial charge in [-0.25, -0.2) is 13.5 Å². The fourth-order valence-electron chi connectivity index (χ4n) is 1.98. The second kappa shape index (κ2) is 4.75. The minimum Gasteiger partial charge on any atom is -0.312 e.